The van der Waals surface area contributed by atoms with Crippen molar-refractivity contribution in [2.24, 2.45) is 16.2 Å². The Balaban J connectivity index is 1.51. The van der Waals surface area contributed by atoms with Crippen molar-refractivity contribution >= 4 is 39.1 Å². The van der Waals surface area contributed by atoms with E-state index in [9.17, 15) is 13.8 Å². The van der Waals surface area contributed by atoms with Gasteiger partial charge in [-0.25, -0.2) is 13.7 Å². The molecule has 0 aromatic heterocycles. The molecule has 0 unspecified atom stereocenters. The van der Waals surface area contributed by atoms with Crippen LogP contribution in [-0.4, -0.2) is 80.3 Å². The minimum absolute atomic E-state index is 0.103. The van der Waals surface area contributed by atoms with Gasteiger partial charge < -0.3 is 24.0 Å². The van der Waals surface area contributed by atoms with Crippen LogP contribution in [-0.2, 0) is 36.0 Å². The van der Waals surface area contributed by atoms with Gasteiger partial charge in [0.1, 0.15) is 11.4 Å². The highest BCUT2D eigenvalue weighted by atomic mass is 35.5. The third-order valence-electron chi connectivity index (χ3n) is 10.2. The van der Waals surface area contributed by atoms with Gasteiger partial charge in [0.05, 0.1) is 29.9 Å². The second-order valence-electron chi connectivity index (χ2n) is 13.9. The van der Waals surface area contributed by atoms with Crippen molar-refractivity contribution in [2.75, 3.05) is 52.4 Å². The summed E-state index contributed by atoms with van der Waals surface area (Å²) in [6.07, 6.45) is 8.79. The fraction of sp³-hybridized carbons (Fsp3) is 0.543. The number of urea groups is 1. The monoisotopic (exact) mass is 684 g/mol. The molecule has 12 heteroatoms. The molecule has 0 saturated heterocycles. The van der Waals surface area contributed by atoms with E-state index in [4.69, 9.17) is 25.8 Å². The molecular formula is C35H45ClN4O6S. The number of methoxy groups -OCH3 is 1. The van der Waals surface area contributed by atoms with Crippen LogP contribution in [0.25, 0.3) is 0 Å². The summed E-state index contributed by atoms with van der Waals surface area (Å²) in [6.45, 7) is 5.19. The number of nitrogens with zero attached hydrogens (tertiary/aromatic N) is 3. The Morgan fingerprint density at radius 2 is 2.00 bits per heavy atom. The van der Waals surface area contributed by atoms with Crippen LogP contribution < -0.4 is 14.4 Å². The quantitative estimate of drug-likeness (QED) is 0.401. The van der Waals surface area contributed by atoms with E-state index in [1.807, 2.05) is 18.2 Å². The number of halogens is 1. The van der Waals surface area contributed by atoms with E-state index in [2.05, 4.69) is 26.1 Å². The van der Waals surface area contributed by atoms with Gasteiger partial charge >= 0.3 is 6.03 Å². The number of rotatable bonds is 2. The Morgan fingerprint density at radius 1 is 1.19 bits per heavy atom. The molecule has 1 saturated carbocycles. The van der Waals surface area contributed by atoms with Gasteiger partial charge in [0, 0.05) is 44.7 Å². The number of aryl methyl sites for hydroxylation is 1. The van der Waals surface area contributed by atoms with E-state index < -0.39 is 27.5 Å². The van der Waals surface area contributed by atoms with Crippen molar-refractivity contribution in [1.29, 1.82) is 0 Å². The summed E-state index contributed by atoms with van der Waals surface area (Å²) in [5, 5.41) is 0.727. The molecule has 2 bridgehead atoms. The number of carbonyl (C=O) groups excluding carboxylic acids is 2. The van der Waals surface area contributed by atoms with E-state index in [-0.39, 0.29) is 23.0 Å². The zero-order valence-corrected chi connectivity index (χ0v) is 29.4. The largest absolute Gasteiger partial charge is 0.490 e. The fourth-order valence-corrected chi connectivity index (χ4v) is 9.14. The van der Waals surface area contributed by atoms with Crippen LogP contribution in [0.1, 0.15) is 50.7 Å². The normalized spacial score (nSPS) is 30.8. The number of ether oxygens (including phenoxy) is 3. The van der Waals surface area contributed by atoms with Crippen LogP contribution in [0.15, 0.2) is 57.8 Å². The number of hydrogen-bond donors (Lipinski definition) is 1. The van der Waals surface area contributed by atoms with E-state index in [0.29, 0.717) is 30.7 Å². The third-order valence-corrected chi connectivity index (χ3v) is 12.2. The lowest BCUT2D eigenvalue weighted by Crippen LogP contribution is -2.49. The van der Waals surface area contributed by atoms with Crippen LogP contribution in [0, 0.1) is 11.8 Å². The molecule has 1 spiro atoms. The van der Waals surface area contributed by atoms with E-state index in [1.165, 1.54) is 16.0 Å². The maximum Gasteiger partial charge on any atom is 0.329 e. The first-order valence-electron chi connectivity index (χ1n) is 16.3. The second kappa shape index (κ2) is 13.1. The maximum absolute atomic E-state index is 14.7. The molecule has 2 aromatic rings. The summed E-state index contributed by atoms with van der Waals surface area (Å²) in [4.78, 5) is 30.4. The number of anilines is 1. The molecule has 2 aliphatic heterocycles. The Labute approximate surface area is 283 Å². The van der Waals surface area contributed by atoms with Gasteiger partial charge in [0.15, 0.2) is 9.92 Å². The average Bonchev–Trinajstić information content (AvgIpc) is 3.16. The number of benzene rings is 2. The summed E-state index contributed by atoms with van der Waals surface area (Å²) < 4.78 is 40.0. The first kappa shape index (κ1) is 33.8. The SMILES string of the molecule is CO[C@H]1/C=C/COC(C)(C)C(=O)N=[S@@](=O)(NC(=O)N(C)C)c2ccc3c(c2)N(C[C@@H]2CC[C@H]21)C[C@@]1(CCCc2cc(Cl)ccc21)CO3. The van der Waals surface area contributed by atoms with Gasteiger partial charge in [-0.15, -0.1) is 4.36 Å². The van der Waals surface area contributed by atoms with Crippen LogP contribution >= 0.6 is 11.6 Å². The third kappa shape index (κ3) is 6.64. The van der Waals surface area contributed by atoms with Gasteiger partial charge in [-0.3, -0.25) is 4.79 Å². The van der Waals surface area contributed by atoms with Crippen molar-refractivity contribution in [2.45, 2.75) is 68.0 Å². The number of fused-ring (bicyclic) bond motifs is 4. The van der Waals surface area contributed by atoms with Gasteiger partial charge in [-0.05, 0) is 99.2 Å². The summed E-state index contributed by atoms with van der Waals surface area (Å²) in [7, 11) is 1.03. The topological polar surface area (TPSA) is 110 Å². The second-order valence-corrected chi connectivity index (χ2v) is 16.3. The molecule has 1 fully saturated rings. The summed E-state index contributed by atoms with van der Waals surface area (Å²) in [6, 6.07) is 10.7. The average molecular weight is 685 g/mol. The number of carbonyl (C=O) groups is 2. The summed E-state index contributed by atoms with van der Waals surface area (Å²) >= 11 is 6.44. The predicted molar refractivity (Wildman–Crippen MR) is 182 cm³/mol. The molecule has 6 rings (SSSR count). The number of hydrogen-bond acceptors (Lipinski definition) is 7. The molecule has 3 amide bonds. The molecule has 1 N–H and O–H groups in total. The smallest absolute Gasteiger partial charge is 0.329 e. The molecular weight excluding hydrogens is 640 g/mol. The van der Waals surface area contributed by atoms with Crippen LogP contribution in [0.3, 0.4) is 0 Å². The van der Waals surface area contributed by atoms with Gasteiger partial charge in [0.2, 0.25) is 0 Å². The Kier molecular flexibility index (Phi) is 9.38. The zero-order chi connectivity index (χ0) is 33.6. The molecule has 2 aliphatic carbocycles. The van der Waals surface area contributed by atoms with E-state index in [1.54, 1.807) is 53.3 Å². The molecule has 0 radical (unpaired) electrons. The Hall–Kier alpha value is -3.12. The van der Waals surface area contributed by atoms with Crippen molar-refractivity contribution in [3.8, 4) is 5.75 Å². The minimum Gasteiger partial charge on any atom is -0.490 e. The van der Waals surface area contributed by atoms with E-state index >= 15 is 0 Å². The standard InChI is InChI=1S/C35H45ClN4O6S/c1-34(2)32(41)37-47(43,38-33(42)39(3)4)26-12-15-31-29(19-26)40(20-24-10-13-27(24)30(44-5)9-7-17-46-34)21-35(22-45-31)16-6-8-23-18-25(36)11-14-28(23)35/h7,9,11-12,14-15,18-19,24,27,30H,6,8,10,13,16-17,20-22H2,1-5H3,(H,37,38,41,42,43)/b9-7+/t24-,27+,30-,35-,47+/m0/s1. The highest BCUT2D eigenvalue weighted by Gasteiger charge is 2.44. The number of nitrogens with one attached hydrogen (secondary N) is 1. The van der Waals surface area contributed by atoms with Crippen molar-refractivity contribution in [3.05, 3.63) is 64.7 Å². The lowest BCUT2D eigenvalue weighted by atomic mass is 9.68. The van der Waals surface area contributed by atoms with Gasteiger partial charge in [-0.1, -0.05) is 29.8 Å². The summed E-state index contributed by atoms with van der Waals surface area (Å²) in [5.41, 5.74) is 1.56. The lowest BCUT2D eigenvalue weighted by molar-refractivity contribution is -0.137. The fourth-order valence-electron chi connectivity index (χ4n) is 7.28. The van der Waals surface area contributed by atoms with Crippen molar-refractivity contribution in [1.82, 2.24) is 9.62 Å². The van der Waals surface area contributed by atoms with Crippen LogP contribution in [0.5, 0.6) is 5.75 Å². The first-order valence-corrected chi connectivity index (χ1v) is 18.2. The predicted octanol–water partition coefficient (Wildman–Crippen LogP) is 5.76. The molecule has 254 valence electrons. The van der Waals surface area contributed by atoms with Gasteiger partial charge in [-0.2, -0.15) is 0 Å². The molecule has 4 aliphatic rings. The molecule has 47 heavy (non-hydrogen) atoms. The first-order chi connectivity index (χ1) is 22.3. The van der Waals surface area contributed by atoms with Crippen LogP contribution in [0.4, 0.5) is 10.5 Å². The molecule has 5 atom stereocenters. The highest BCUT2D eigenvalue weighted by Crippen LogP contribution is 2.47. The Morgan fingerprint density at radius 3 is 2.72 bits per heavy atom. The highest BCUT2D eigenvalue weighted by molar-refractivity contribution is 7.92. The van der Waals surface area contributed by atoms with E-state index in [0.717, 1.165) is 49.4 Å². The van der Waals surface area contributed by atoms with Crippen LogP contribution in [0.2, 0.25) is 5.02 Å². The number of amides is 3. The zero-order valence-electron chi connectivity index (χ0n) is 27.8. The molecule has 2 aromatic carbocycles. The lowest BCUT2D eigenvalue weighted by Gasteiger charge is -2.46. The minimum atomic E-state index is -3.79. The molecule has 2 heterocycles. The maximum atomic E-state index is 14.7. The molecule has 10 nitrogen and oxygen atoms in total. The van der Waals surface area contributed by atoms with Crippen molar-refractivity contribution in [3.63, 3.8) is 0 Å². The van der Waals surface area contributed by atoms with Gasteiger partial charge in [0.25, 0.3) is 5.91 Å². The summed E-state index contributed by atoms with van der Waals surface area (Å²) in [5.74, 6) is 0.534. The Bertz CT molecular complexity index is 1700. The van der Waals surface area contributed by atoms with Crippen molar-refractivity contribution < 1.29 is 28.0 Å².